The fourth-order valence-corrected chi connectivity index (χ4v) is 2.70. The summed E-state index contributed by atoms with van der Waals surface area (Å²) in [5.41, 5.74) is 6.29. The molecule has 1 aromatic heterocycles. The van der Waals surface area contributed by atoms with Crippen molar-refractivity contribution in [1.29, 1.82) is 0 Å². The van der Waals surface area contributed by atoms with Crippen molar-refractivity contribution in [3.8, 4) is 5.75 Å². The maximum absolute atomic E-state index is 10.9. The number of nitrogens with zero attached hydrogens (tertiary/aromatic N) is 3. The summed E-state index contributed by atoms with van der Waals surface area (Å²) < 4.78 is 7.14. The zero-order chi connectivity index (χ0) is 15.2. The zero-order valence-corrected chi connectivity index (χ0v) is 12.9. The molecule has 0 aliphatic rings. The highest BCUT2D eigenvalue weighted by atomic mass is 32.2. The first-order chi connectivity index (χ1) is 10.1. The second-order valence-electron chi connectivity index (χ2n) is 4.42. The first-order valence-corrected chi connectivity index (χ1v) is 7.58. The van der Waals surface area contributed by atoms with Gasteiger partial charge in [-0.1, -0.05) is 23.9 Å². The van der Waals surface area contributed by atoms with E-state index in [1.165, 1.54) is 11.8 Å². The van der Waals surface area contributed by atoms with Crippen molar-refractivity contribution >= 4 is 17.7 Å². The molecular formula is C14H18N4O2S. The van der Waals surface area contributed by atoms with Gasteiger partial charge in [0.2, 0.25) is 5.91 Å². The van der Waals surface area contributed by atoms with Crippen LogP contribution in [0.1, 0.15) is 18.3 Å². The predicted molar refractivity (Wildman–Crippen MR) is 81.4 cm³/mol. The zero-order valence-electron chi connectivity index (χ0n) is 12.1. The van der Waals surface area contributed by atoms with Crippen molar-refractivity contribution in [3.05, 3.63) is 35.7 Å². The van der Waals surface area contributed by atoms with E-state index in [1.54, 1.807) is 7.11 Å². The standard InChI is InChI=1S/C14H18N4O2S/c1-3-18-13(16-17-14(18)21-9-12(15)19)8-10-4-6-11(20-2)7-5-10/h4-7H,3,8-9H2,1-2H3,(H2,15,19). The Morgan fingerprint density at radius 1 is 1.33 bits per heavy atom. The second kappa shape index (κ2) is 7.12. The van der Waals surface area contributed by atoms with E-state index in [9.17, 15) is 4.79 Å². The van der Waals surface area contributed by atoms with Crippen LogP contribution in [0.2, 0.25) is 0 Å². The number of benzene rings is 1. The molecule has 0 aliphatic carbocycles. The average Bonchev–Trinajstić information content (AvgIpc) is 2.87. The Kier molecular flexibility index (Phi) is 5.21. The molecule has 0 unspecified atom stereocenters. The minimum atomic E-state index is -0.359. The van der Waals surface area contributed by atoms with E-state index in [-0.39, 0.29) is 11.7 Å². The Hall–Kier alpha value is -2.02. The number of nitrogens with two attached hydrogens (primary N) is 1. The Morgan fingerprint density at radius 3 is 2.62 bits per heavy atom. The van der Waals surface area contributed by atoms with Gasteiger partial charge in [-0.2, -0.15) is 0 Å². The van der Waals surface area contributed by atoms with Crippen LogP contribution in [0, 0.1) is 0 Å². The van der Waals surface area contributed by atoms with Crippen LogP contribution >= 0.6 is 11.8 Å². The summed E-state index contributed by atoms with van der Waals surface area (Å²) in [5, 5.41) is 9.07. The number of carbonyl (C=O) groups is 1. The lowest BCUT2D eigenvalue weighted by molar-refractivity contribution is -0.115. The van der Waals surface area contributed by atoms with Crippen molar-refractivity contribution in [1.82, 2.24) is 14.8 Å². The highest BCUT2D eigenvalue weighted by molar-refractivity contribution is 7.99. The molecule has 0 radical (unpaired) electrons. The molecule has 2 N–H and O–H groups in total. The van der Waals surface area contributed by atoms with Gasteiger partial charge in [0.25, 0.3) is 0 Å². The van der Waals surface area contributed by atoms with Crippen LogP contribution in [0.3, 0.4) is 0 Å². The maximum atomic E-state index is 10.9. The third-order valence-electron chi connectivity index (χ3n) is 2.97. The normalized spacial score (nSPS) is 10.6. The Balaban J connectivity index is 2.13. The van der Waals surface area contributed by atoms with Crippen molar-refractivity contribution in [3.63, 3.8) is 0 Å². The van der Waals surface area contributed by atoms with Gasteiger partial charge in [-0.3, -0.25) is 4.79 Å². The molecule has 1 aromatic carbocycles. The van der Waals surface area contributed by atoms with Crippen molar-refractivity contribution in [2.45, 2.75) is 25.0 Å². The van der Waals surface area contributed by atoms with Gasteiger partial charge in [0.05, 0.1) is 12.9 Å². The molecule has 2 rings (SSSR count). The Morgan fingerprint density at radius 2 is 2.05 bits per heavy atom. The van der Waals surface area contributed by atoms with Crippen LogP contribution in [0.4, 0.5) is 0 Å². The number of amides is 1. The summed E-state index contributed by atoms with van der Waals surface area (Å²) in [7, 11) is 1.64. The topological polar surface area (TPSA) is 83.0 Å². The number of methoxy groups -OCH3 is 1. The number of thioether (sulfide) groups is 1. The molecule has 6 nitrogen and oxygen atoms in total. The van der Waals surface area contributed by atoms with Crippen LogP contribution in [0.15, 0.2) is 29.4 Å². The lowest BCUT2D eigenvalue weighted by Crippen LogP contribution is -2.14. The van der Waals surface area contributed by atoms with Gasteiger partial charge in [0.1, 0.15) is 11.6 Å². The third-order valence-corrected chi connectivity index (χ3v) is 3.96. The first-order valence-electron chi connectivity index (χ1n) is 6.60. The van der Waals surface area contributed by atoms with E-state index in [4.69, 9.17) is 10.5 Å². The van der Waals surface area contributed by atoms with E-state index >= 15 is 0 Å². The van der Waals surface area contributed by atoms with Crippen molar-refractivity contribution in [2.75, 3.05) is 12.9 Å². The van der Waals surface area contributed by atoms with Crippen molar-refractivity contribution in [2.24, 2.45) is 5.73 Å². The fraction of sp³-hybridized carbons (Fsp3) is 0.357. The fourth-order valence-electron chi connectivity index (χ4n) is 1.94. The number of hydrogen-bond donors (Lipinski definition) is 1. The molecule has 0 atom stereocenters. The number of ether oxygens (including phenoxy) is 1. The summed E-state index contributed by atoms with van der Waals surface area (Å²) in [5.74, 6) is 1.55. The van der Waals surface area contributed by atoms with Gasteiger partial charge in [-0.15, -0.1) is 10.2 Å². The molecule has 1 heterocycles. The van der Waals surface area contributed by atoms with Gasteiger partial charge in [-0.05, 0) is 24.6 Å². The van der Waals surface area contributed by atoms with Crippen LogP contribution in [0.5, 0.6) is 5.75 Å². The van der Waals surface area contributed by atoms with Crippen LogP contribution in [-0.4, -0.2) is 33.5 Å². The van der Waals surface area contributed by atoms with Gasteiger partial charge in [0.15, 0.2) is 5.16 Å². The largest absolute Gasteiger partial charge is 0.497 e. The van der Waals surface area contributed by atoms with E-state index in [0.717, 1.165) is 28.8 Å². The van der Waals surface area contributed by atoms with Gasteiger partial charge < -0.3 is 15.0 Å². The molecule has 0 saturated carbocycles. The minimum Gasteiger partial charge on any atom is -0.497 e. The average molecular weight is 306 g/mol. The second-order valence-corrected chi connectivity index (χ2v) is 5.37. The number of rotatable bonds is 7. The SMILES string of the molecule is CCn1c(Cc2ccc(OC)cc2)nnc1SCC(N)=O. The van der Waals surface area contributed by atoms with E-state index in [2.05, 4.69) is 10.2 Å². The molecule has 112 valence electrons. The lowest BCUT2D eigenvalue weighted by atomic mass is 10.1. The molecule has 7 heteroatoms. The number of hydrogen-bond acceptors (Lipinski definition) is 5. The van der Waals surface area contributed by atoms with Gasteiger partial charge in [-0.25, -0.2) is 0 Å². The lowest BCUT2D eigenvalue weighted by Gasteiger charge is -2.07. The number of aromatic nitrogens is 3. The summed E-state index contributed by atoms with van der Waals surface area (Å²) in [4.78, 5) is 10.9. The van der Waals surface area contributed by atoms with Crippen molar-refractivity contribution < 1.29 is 9.53 Å². The Bertz CT molecular complexity index is 610. The third kappa shape index (κ3) is 3.98. The molecule has 0 fully saturated rings. The van der Waals surface area contributed by atoms with E-state index in [1.807, 2.05) is 35.8 Å². The summed E-state index contributed by atoms with van der Waals surface area (Å²) >= 11 is 1.31. The highest BCUT2D eigenvalue weighted by Crippen LogP contribution is 2.19. The van der Waals surface area contributed by atoms with E-state index in [0.29, 0.717) is 6.42 Å². The smallest absolute Gasteiger partial charge is 0.227 e. The minimum absolute atomic E-state index is 0.209. The highest BCUT2D eigenvalue weighted by Gasteiger charge is 2.12. The predicted octanol–water partition coefficient (Wildman–Crippen LogP) is 1.47. The summed E-state index contributed by atoms with van der Waals surface area (Å²) in [6.07, 6.45) is 0.683. The summed E-state index contributed by atoms with van der Waals surface area (Å²) in [6.45, 7) is 2.77. The molecule has 0 aliphatic heterocycles. The first kappa shape index (κ1) is 15.4. The van der Waals surface area contributed by atoms with Gasteiger partial charge >= 0.3 is 0 Å². The molecule has 1 amide bonds. The number of primary amides is 1. The maximum Gasteiger partial charge on any atom is 0.227 e. The molecule has 2 aromatic rings. The number of carbonyl (C=O) groups excluding carboxylic acids is 1. The van der Waals surface area contributed by atoms with Crippen LogP contribution in [-0.2, 0) is 17.8 Å². The molecule has 0 bridgehead atoms. The molecule has 21 heavy (non-hydrogen) atoms. The monoisotopic (exact) mass is 306 g/mol. The van der Waals surface area contributed by atoms with Crippen LogP contribution < -0.4 is 10.5 Å². The van der Waals surface area contributed by atoms with E-state index < -0.39 is 0 Å². The molecular weight excluding hydrogens is 288 g/mol. The van der Waals surface area contributed by atoms with Gasteiger partial charge in [0, 0.05) is 13.0 Å². The summed E-state index contributed by atoms with van der Waals surface area (Å²) in [6, 6.07) is 7.85. The Labute approximate surface area is 127 Å². The quantitative estimate of drug-likeness (QED) is 0.783. The molecule has 0 spiro atoms. The van der Waals surface area contributed by atoms with Crippen LogP contribution in [0.25, 0.3) is 0 Å². The molecule has 0 saturated heterocycles.